The predicted molar refractivity (Wildman–Crippen MR) is 146 cm³/mol. The van der Waals surface area contributed by atoms with Gasteiger partial charge in [0, 0.05) is 40.8 Å². The van der Waals surface area contributed by atoms with Crippen molar-refractivity contribution in [3.63, 3.8) is 0 Å². The molecule has 0 bridgehead atoms. The number of amides is 2. The Morgan fingerprint density at radius 2 is 1.92 bits per heavy atom. The summed E-state index contributed by atoms with van der Waals surface area (Å²) in [5.41, 5.74) is 15.7. The fourth-order valence-corrected chi connectivity index (χ4v) is 4.77. The number of benzene rings is 2. The maximum Gasteiger partial charge on any atom is 0.488 e. The van der Waals surface area contributed by atoms with Crippen LogP contribution in [0.3, 0.4) is 0 Å². The summed E-state index contributed by atoms with van der Waals surface area (Å²) < 4.78 is 5.18. The summed E-state index contributed by atoms with van der Waals surface area (Å²) in [7, 11) is 1.19. The molecule has 2 aromatic carbocycles. The van der Waals surface area contributed by atoms with E-state index in [1.807, 2.05) is 0 Å². The molecule has 0 heterocycles. The fraction of sp³-hybridized carbons (Fsp3) is 0.318. The zero-order valence-electron chi connectivity index (χ0n) is 19.8. The third-order valence-electron chi connectivity index (χ3n) is 4.68. The second kappa shape index (κ2) is 16.5. The van der Waals surface area contributed by atoms with E-state index in [1.165, 1.54) is 58.0 Å². The second-order valence-corrected chi connectivity index (χ2v) is 10.2. The number of nitrogens with zero attached hydrogens (tertiary/aromatic N) is 3. The van der Waals surface area contributed by atoms with Crippen LogP contribution in [-0.2, 0) is 14.3 Å². The first kappa shape index (κ1) is 30.0. The number of anilines is 1. The van der Waals surface area contributed by atoms with Gasteiger partial charge in [0.2, 0.25) is 11.8 Å². The van der Waals surface area contributed by atoms with E-state index in [9.17, 15) is 24.4 Å². The quantitative estimate of drug-likeness (QED) is 0.0419. The first-order valence-corrected chi connectivity index (χ1v) is 13.6. The van der Waals surface area contributed by atoms with E-state index in [1.54, 1.807) is 12.1 Å². The Morgan fingerprint density at radius 1 is 1.16 bits per heavy atom. The zero-order chi connectivity index (χ0) is 27.0. The summed E-state index contributed by atoms with van der Waals surface area (Å²) in [5.74, 6) is -0.203. The van der Waals surface area contributed by atoms with Gasteiger partial charge in [-0.1, -0.05) is 51.0 Å². The summed E-state index contributed by atoms with van der Waals surface area (Å²) in [5, 5.41) is 27.2. The van der Waals surface area contributed by atoms with Crippen LogP contribution in [0.5, 0.6) is 0 Å². The van der Waals surface area contributed by atoms with Crippen molar-refractivity contribution in [2.24, 2.45) is 10.8 Å². The van der Waals surface area contributed by atoms with Crippen molar-refractivity contribution < 1.29 is 29.2 Å². The Morgan fingerprint density at radius 3 is 2.62 bits per heavy atom. The largest absolute Gasteiger partial charge is 0.488 e. The maximum absolute atomic E-state index is 12.1. The molecule has 2 amide bonds. The molecule has 1 atom stereocenters. The third-order valence-corrected chi connectivity index (χ3v) is 7.08. The average molecular weight is 546 g/mol. The van der Waals surface area contributed by atoms with Gasteiger partial charge in [0.15, 0.2) is 0 Å². The first-order chi connectivity index (χ1) is 17.8. The van der Waals surface area contributed by atoms with Crippen molar-refractivity contribution in [1.82, 2.24) is 5.32 Å². The number of hydrogen-bond acceptors (Lipinski definition) is 10. The van der Waals surface area contributed by atoms with Gasteiger partial charge in [-0.15, -0.1) is 0 Å². The number of rotatable bonds is 15. The van der Waals surface area contributed by atoms with E-state index >= 15 is 0 Å². The molecule has 1 unspecified atom stereocenters. The van der Waals surface area contributed by atoms with E-state index in [2.05, 4.69) is 20.7 Å². The van der Waals surface area contributed by atoms with Crippen LogP contribution in [0.2, 0.25) is 0 Å². The maximum atomic E-state index is 12.1. The molecule has 15 heteroatoms. The molecule has 2 aromatic rings. The number of nitrogens with one attached hydrogen (secondary N) is 2. The number of carbonyl (C=O) groups excluding carboxylic acids is 3. The summed E-state index contributed by atoms with van der Waals surface area (Å²) >= 11 is 0. The number of nitrogens with two attached hydrogens (primary N) is 1. The lowest BCUT2D eigenvalue weighted by atomic mass is 9.80. The summed E-state index contributed by atoms with van der Waals surface area (Å²) in [6.45, 7) is 0.468. The highest BCUT2D eigenvalue weighted by atomic mass is 33.1. The number of esters is 1. The van der Waals surface area contributed by atoms with E-state index in [0.29, 0.717) is 34.9 Å². The number of ether oxygens (including phenoxy) is 1. The molecule has 0 aliphatic rings. The van der Waals surface area contributed by atoms with Crippen molar-refractivity contribution in [2.45, 2.75) is 18.9 Å². The van der Waals surface area contributed by atoms with Gasteiger partial charge in [-0.2, -0.15) is 0 Å². The normalized spacial score (nSPS) is 11.1. The number of hydrogen-bond donors (Lipinski definition) is 5. The molecule has 6 N–H and O–H groups in total. The molecule has 0 saturated carbocycles. The summed E-state index contributed by atoms with van der Waals surface area (Å²) in [6, 6.07) is 11.6. The third kappa shape index (κ3) is 11.6. The Kier molecular flexibility index (Phi) is 13.4. The Hall–Kier alpha value is -3.20. The molecular formula is C22H27BN6O6S2. The molecule has 37 heavy (non-hydrogen) atoms. The molecule has 0 spiro atoms. The van der Waals surface area contributed by atoms with E-state index in [0.717, 1.165) is 0 Å². The molecule has 0 aromatic heterocycles. The molecule has 0 radical (unpaired) electrons. The minimum atomic E-state index is -1.62. The Bertz CT molecular complexity index is 1100. The average Bonchev–Trinajstić information content (AvgIpc) is 2.89. The van der Waals surface area contributed by atoms with Crippen LogP contribution in [-0.4, -0.2) is 65.6 Å². The smallest absolute Gasteiger partial charge is 0.461 e. The van der Waals surface area contributed by atoms with Crippen molar-refractivity contribution in [2.75, 3.05) is 30.0 Å². The van der Waals surface area contributed by atoms with Crippen molar-refractivity contribution in [3.8, 4) is 0 Å². The van der Waals surface area contributed by atoms with Crippen LogP contribution >= 0.6 is 21.6 Å². The molecular weight excluding hydrogens is 519 g/mol. The predicted octanol–water partition coefficient (Wildman–Crippen LogP) is 1.71. The molecule has 196 valence electrons. The molecule has 12 nitrogen and oxygen atoms in total. The van der Waals surface area contributed by atoms with Gasteiger partial charge in [0.25, 0.3) is 0 Å². The first-order valence-electron chi connectivity index (χ1n) is 11.2. The van der Waals surface area contributed by atoms with Gasteiger partial charge in [0.1, 0.15) is 6.61 Å². The standard InChI is InChI=1S/C22H27BN6O6S2/c24-19(14-37-36-12-11-35-22(32)15-6-8-17(9-7-15)28-29-25)21(31)26-10-2-5-20(30)27-18-4-1-3-16(13-18)23(33)34/h1,3-4,6-9,13,19,33-34H,2,5,10-12,14,24H2,(H,26,31)(H,27,30). The lowest BCUT2D eigenvalue weighted by Crippen LogP contribution is -2.42. The van der Waals surface area contributed by atoms with Crippen LogP contribution < -0.4 is 21.8 Å². The van der Waals surface area contributed by atoms with E-state index in [4.69, 9.17) is 16.0 Å². The summed E-state index contributed by atoms with van der Waals surface area (Å²) in [6.07, 6.45) is 0.580. The van der Waals surface area contributed by atoms with Gasteiger partial charge in [-0.3, -0.25) is 9.59 Å². The fourth-order valence-electron chi connectivity index (χ4n) is 2.82. The van der Waals surface area contributed by atoms with Crippen LogP contribution in [0.1, 0.15) is 23.2 Å². The van der Waals surface area contributed by atoms with Gasteiger partial charge in [0.05, 0.1) is 11.6 Å². The molecule has 2 rings (SSSR count). The second-order valence-electron chi connectivity index (χ2n) is 7.53. The van der Waals surface area contributed by atoms with Gasteiger partial charge in [-0.25, -0.2) is 4.79 Å². The van der Waals surface area contributed by atoms with E-state index < -0.39 is 19.1 Å². The summed E-state index contributed by atoms with van der Waals surface area (Å²) in [4.78, 5) is 38.8. The topological polar surface area (TPSA) is 200 Å². The monoisotopic (exact) mass is 546 g/mol. The van der Waals surface area contributed by atoms with Crippen LogP contribution in [0, 0.1) is 0 Å². The lowest BCUT2D eigenvalue weighted by molar-refractivity contribution is -0.122. The Labute approximate surface area is 221 Å². The highest BCUT2D eigenvalue weighted by Gasteiger charge is 2.14. The zero-order valence-corrected chi connectivity index (χ0v) is 21.4. The Balaban J connectivity index is 1.53. The molecule has 0 fully saturated rings. The van der Waals surface area contributed by atoms with Crippen molar-refractivity contribution in [3.05, 3.63) is 64.5 Å². The SMILES string of the molecule is [N-]=[N+]=Nc1ccc(C(=O)OCCSSCC(N)C(=O)NCCCC(=O)Nc2cccc(B(O)O)c2)cc1. The van der Waals surface area contributed by atoms with Gasteiger partial charge >= 0.3 is 13.1 Å². The van der Waals surface area contributed by atoms with Crippen LogP contribution in [0.25, 0.3) is 10.4 Å². The van der Waals surface area contributed by atoms with Crippen LogP contribution in [0.4, 0.5) is 11.4 Å². The minimum Gasteiger partial charge on any atom is -0.461 e. The highest BCUT2D eigenvalue weighted by molar-refractivity contribution is 8.76. The minimum absolute atomic E-state index is 0.169. The molecule has 0 aliphatic carbocycles. The number of azide groups is 1. The number of carbonyl (C=O) groups is 3. The van der Waals surface area contributed by atoms with Crippen LogP contribution in [0.15, 0.2) is 53.6 Å². The molecule has 0 saturated heterocycles. The molecule has 0 aliphatic heterocycles. The van der Waals surface area contributed by atoms with E-state index in [-0.39, 0.29) is 36.8 Å². The van der Waals surface area contributed by atoms with Gasteiger partial charge < -0.3 is 31.2 Å². The highest BCUT2D eigenvalue weighted by Crippen LogP contribution is 2.21. The van der Waals surface area contributed by atoms with Crippen molar-refractivity contribution in [1.29, 1.82) is 0 Å². The van der Waals surface area contributed by atoms with Crippen molar-refractivity contribution >= 4 is 63.3 Å². The van der Waals surface area contributed by atoms with Gasteiger partial charge in [-0.05, 0) is 41.7 Å². The lowest BCUT2D eigenvalue weighted by Gasteiger charge is -2.12.